The van der Waals surface area contributed by atoms with Crippen molar-refractivity contribution in [2.24, 2.45) is 0 Å². The van der Waals surface area contributed by atoms with Crippen LogP contribution in [0.3, 0.4) is 0 Å². The standard InChI is InChI=1S/C25H27FN2O3S/c1-17-13-18(2)15-24(14-17)28(32(4,30)31)16-20-5-7-22(8-6-20)25(29)27-19(3)21-9-11-23(26)12-10-21/h5-15,19H,16H2,1-4H3,(H,27,29). The molecule has 1 N–H and O–H groups in total. The Labute approximate surface area is 188 Å². The highest BCUT2D eigenvalue weighted by atomic mass is 32.2. The highest BCUT2D eigenvalue weighted by Gasteiger charge is 2.19. The third-order valence-corrected chi connectivity index (χ3v) is 6.30. The number of aryl methyl sites for hydroxylation is 2. The maximum absolute atomic E-state index is 13.1. The van der Waals surface area contributed by atoms with Gasteiger partial charge in [0.1, 0.15) is 5.82 Å². The molecule has 0 saturated heterocycles. The van der Waals surface area contributed by atoms with Gasteiger partial charge in [-0.1, -0.05) is 30.3 Å². The van der Waals surface area contributed by atoms with Gasteiger partial charge in [-0.05, 0) is 79.4 Å². The van der Waals surface area contributed by atoms with E-state index in [4.69, 9.17) is 0 Å². The number of anilines is 1. The Kier molecular flexibility index (Phi) is 6.99. The molecule has 0 aliphatic carbocycles. The number of amides is 1. The fourth-order valence-electron chi connectivity index (χ4n) is 3.54. The van der Waals surface area contributed by atoms with Crippen molar-refractivity contribution in [1.29, 1.82) is 0 Å². The molecule has 0 aliphatic rings. The number of carbonyl (C=O) groups is 1. The molecule has 0 saturated carbocycles. The molecule has 0 heterocycles. The summed E-state index contributed by atoms with van der Waals surface area (Å²) in [5.41, 5.74) is 4.60. The average Bonchev–Trinajstić information content (AvgIpc) is 2.71. The van der Waals surface area contributed by atoms with Crippen molar-refractivity contribution in [3.8, 4) is 0 Å². The Morgan fingerprint density at radius 2 is 1.53 bits per heavy atom. The predicted molar refractivity (Wildman–Crippen MR) is 126 cm³/mol. The van der Waals surface area contributed by atoms with Gasteiger partial charge in [0.2, 0.25) is 10.0 Å². The molecule has 32 heavy (non-hydrogen) atoms. The lowest BCUT2D eigenvalue weighted by Crippen LogP contribution is -2.29. The molecule has 1 atom stereocenters. The molecule has 3 aromatic carbocycles. The number of hydrogen-bond donors (Lipinski definition) is 1. The zero-order chi connectivity index (χ0) is 23.5. The van der Waals surface area contributed by atoms with Crippen LogP contribution in [0.2, 0.25) is 0 Å². The third kappa shape index (κ3) is 5.95. The van der Waals surface area contributed by atoms with Crippen molar-refractivity contribution < 1.29 is 17.6 Å². The SMILES string of the molecule is Cc1cc(C)cc(N(Cc2ccc(C(=O)NC(C)c3ccc(F)cc3)cc2)S(C)(=O)=O)c1. The number of hydrogen-bond acceptors (Lipinski definition) is 3. The minimum atomic E-state index is -3.50. The van der Waals surface area contributed by atoms with Gasteiger partial charge in [0, 0.05) is 5.56 Å². The second-order valence-electron chi connectivity index (χ2n) is 8.06. The van der Waals surface area contributed by atoms with Crippen molar-refractivity contribution in [3.05, 3.63) is 100 Å². The van der Waals surface area contributed by atoms with E-state index < -0.39 is 10.0 Å². The molecule has 0 fully saturated rings. The van der Waals surface area contributed by atoms with Gasteiger partial charge in [0.05, 0.1) is 24.5 Å². The van der Waals surface area contributed by atoms with Crippen molar-refractivity contribution in [1.82, 2.24) is 5.32 Å². The van der Waals surface area contributed by atoms with E-state index in [1.807, 2.05) is 39.0 Å². The van der Waals surface area contributed by atoms with Crippen LogP contribution in [0, 0.1) is 19.7 Å². The minimum Gasteiger partial charge on any atom is -0.346 e. The van der Waals surface area contributed by atoms with Crippen LogP contribution in [0.1, 0.15) is 45.6 Å². The van der Waals surface area contributed by atoms with E-state index in [0.29, 0.717) is 11.3 Å². The summed E-state index contributed by atoms with van der Waals surface area (Å²) in [6.07, 6.45) is 1.18. The first-order valence-electron chi connectivity index (χ1n) is 10.2. The maximum atomic E-state index is 13.1. The van der Waals surface area contributed by atoms with Crippen LogP contribution < -0.4 is 9.62 Å². The van der Waals surface area contributed by atoms with E-state index in [1.165, 1.54) is 22.7 Å². The van der Waals surface area contributed by atoms with Gasteiger partial charge in [-0.2, -0.15) is 0 Å². The van der Waals surface area contributed by atoms with Gasteiger partial charge in [0.25, 0.3) is 5.91 Å². The molecule has 0 aromatic heterocycles. The number of halogens is 1. The van der Waals surface area contributed by atoms with Crippen LogP contribution in [0.25, 0.3) is 0 Å². The molecular formula is C25H27FN2O3S. The quantitative estimate of drug-likeness (QED) is 0.552. The Morgan fingerprint density at radius 3 is 2.06 bits per heavy atom. The van der Waals surface area contributed by atoms with E-state index in [1.54, 1.807) is 36.4 Å². The number of benzene rings is 3. The maximum Gasteiger partial charge on any atom is 0.251 e. The van der Waals surface area contributed by atoms with Gasteiger partial charge >= 0.3 is 0 Å². The van der Waals surface area contributed by atoms with Crippen LogP contribution in [0.15, 0.2) is 66.7 Å². The average molecular weight is 455 g/mol. The molecular weight excluding hydrogens is 427 g/mol. The smallest absolute Gasteiger partial charge is 0.251 e. The zero-order valence-electron chi connectivity index (χ0n) is 18.6. The number of rotatable bonds is 7. The monoisotopic (exact) mass is 454 g/mol. The van der Waals surface area contributed by atoms with Crippen LogP contribution in [-0.2, 0) is 16.6 Å². The number of nitrogens with zero attached hydrogens (tertiary/aromatic N) is 1. The molecule has 3 rings (SSSR count). The number of carbonyl (C=O) groups excluding carboxylic acids is 1. The van der Waals surface area contributed by atoms with Gasteiger partial charge in [-0.25, -0.2) is 12.8 Å². The first kappa shape index (κ1) is 23.5. The third-order valence-electron chi connectivity index (χ3n) is 5.15. The summed E-state index contributed by atoms with van der Waals surface area (Å²) in [7, 11) is -3.50. The molecule has 0 radical (unpaired) electrons. The molecule has 0 spiro atoms. The van der Waals surface area contributed by atoms with Crippen LogP contribution in [0.4, 0.5) is 10.1 Å². The van der Waals surface area contributed by atoms with Crippen LogP contribution in [-0.4, -0.2) is 20.6 Å². The summed E-state index contributed by atoms with van der Waals surface area (Å²) in [6, 6.07) is 18.2. The van der Waals surface area contributed by atoms with Crippen molar-refractivity contribution in [2.45, 2.75) is 33.4 Å². The van der Waals surface area contributed by atoms with Crippen LogP contribution in [0.5, 0.6) is 0 Å². The summed E-state index contributed by atoms with van der Waals surface area (Å²) in [4.78, 5) is 12.6. The lowest BCUT2D eigenvalue weighted by Gasteiger charge is -2.23. The number of sulfonamides is 1. The Bertz CT molecular complexity index is 1190. The molecule has 168 valence electrons. The molecule has 1 amide bonds. The summed E-state index contributed by atoms with van der Waals surface area (Å²) >= 11 is 0. The molecule has 5 nitrogen and oxygen atoms in total. The fraction of sp³-hybridized carbons (Fsp3) is 0.240. The van der Waals surface area contributed by atoms with E-state index in [-0.39, 0.29) is 24.3 Å². The second-order valence-corrected chi connectivity index (χ2v) is 9.97. The fourth-order valence-corrected chi connectivity index (χ4v) is 4.41. The molecule has 0 bridgehead atoms. The predicted octanol–water partition coefficient (Wildman–Crippen LogP) is 4.90. The lowest BCUT2D eigenvalue weighted by atomic mass is 10.1. The molecule has 1 unspecified atom stereocenters. The Balaban J connectivity index is 1.74. The normalized spacial score (nSPS) is 12.3. The van der Waals surface area contributed by atoms with Crippen molar-refractivity contribution in [2.75, 3.05) is 10.6 Å². The highest BCUT2D eigenvalue weighted by Crippen LogP contribution is 2.24. The summed E-state index contributed by atoms with van der Waals surface area (Å²) < 4.78 is 39.4. The zero-order valence-corrected chi connectivity index (χ0v) is 19.4. The topological polar surface area (TPSA) is 66.5 Å². The van der Waals surface area contributed by atoms with E-state index in [2.05, 4.69) is 5.32 Å². The molecule has 0 aliphatic heterocycles. The lowest BCUT2D eigenvalue weighted by molar-refractivity contribution is 0.0940. The number of nitrogens with one attached hydrogen (secondary N) is 1. The second kappa shape index (κ2) is 9.53. The first-order chi connectivity index (χ1) is 15.0. The Morgan fingerprint density at radius 1 is 0.969 bits per heavy atom. The molecule has 7 heteroatoms. The van der Waals surface area contributed by atoms with Gasteiger partial charge < -0.3 is 5.32 Å². The Hall–Kier alpha value is -3.19. The van der Waals surface area contributed by atoms with Crippen molar-refractivity contribution >= 4 is 21.6 Å². The summed E-state index contributed by atoms with van der Waals surface area (Å²) in [5.74, 6) is -0.588. The van der Waals surface area contributed by atoms with E-state index >= 15 is 0 Å². The minimum absolute atomic E-state index is 0.162. The van der Waals surface area contributed by atoms with E-state index in [0.717, 1.165) is 22.3 Å². The largest absolute Gasteiger partial charge is 0.346 e. The summed E-state index contributed by atoms with van der Waals surface area (Å²) in [5, 5.41) is 2.89. The highest BCUT2D eigenvalue weighted by molar-refractivity contribution is 7.92. The van der Waals surface area contributed by atoms with Gasteiger partial charge in [0.15, 0.2) is 0 Å². The summed E-state index contributed by atoms with van der Waals surface area (Å²) in [6.45, 7) is 5.84. The van der Waals surface area contributed by atoms with Gasteiger partial charge in [-0.3, -0.25) is 9.10 Å². The molecule has 3 aromatic rings. The first-order valence-corrected chi connectivity index (χ1v) is 12.1. The van der Waals surface area contributed by atoms with E-state index in [9.17, 15) is 17.6 Å². The van der Waals surface area contributed by atoms with Crippen molar-refractivity contribution in [3.63, 3.8) is 0 Å². The van der Waals surface area contributed by atoms with Crippen LogP contribution >= 0.6 is 0 Å². The van der Waals surface area contributed by atoms with Gasteiger partial charge in [-0.15, -0.1) is 0 Å².